The molecule has 3 N–H and O–H groups in total. The second-order valence-electron chi connectivity index (χ2n) is 8.41. The zero-order chi connectivity index (χ0) is 26.1. The van der Waals surface area contributed by atoms with Gasteiger partial charge < -0.3 is 10.5 Å². The molecule has 0 aliphatic heterocycles. The summed E-state index contributed by atoms with van der Waals surface area (Å²) < 4.78 is 48.9. The third kappa shape index (κ3) is 4.59. The number of nitriles is 1. The van der Waals surface area contributed by atoms with Crippen LogP contribution in [0.4, 0.5) is 24.8 Å². The van der Waals surface area contributed by atoms with Crippen molar-refractivity contribution in [3.05, 3.63) is 81.0 Å². The molecule has 4 aromatic rings. The summed E-state index contributed by atoms with van der Waals surface area (Å²) in [5.41, 5.74) is 5.76. The maximum Gasteiger partial charge on any atom is 0.260 e. The number of aromatic nitrogens is 3. The lowest BCUT2D eigenvalue weighted by Gasteiger charge is -2.16. The van der Waals surface area contributed by atoms with Gasteiger partial charge in [-0.25, -0.2) is 18.2 Å². The number of nitrogen functional groups attached to an aromatic ring is 1. The molecular formula is C25H21F3N6OS. The highest BCUT2D eigenvalue weighted by atomic mass is 32.2. The number of rotatable bonds is 6. The quantitative estimate of drug-likeness (QED) is 0.261. The maximum absolute atomic E-state index is 15.2. The van der Waals surface area contributed by atoms with Gasteiger partial charge >= 0.3 is 0 Å². The van der Waals surface area contributed by atoms with Gasteiger partial charge in [0.05, 0.1) is 17.2 Å². The van der Waals surface area contributed by atoms with Crippen LogP contribution in [0.2, 0.25) is 0 Å². The number of fused-ring (bicyclic) bond motifs is 1. The van der Waals surface area contributed by atoms with Gasteiger partial charge in [-0.1, -0.05) is 12.1 Å². The van der Waals surface area contributed by atoms with Gasteiger partial charge in [0.25, 0.3) is 5.56 Å². The monoisotopic (exact) mass is 510 g/mol. The molecule has 0 amide bonds. The highest BCUT2D eigenvalue weighted by molar-refractivity contribution is 7.99. The van der Waals surface area contributed by atoms with E-state index in [1.807, 2.05) is 13.0 Å². The summed E-state index contributed by atoms with van der Waals surface area (Å²) in [6.45, 7) is 5.28. The molecule has 0 aliphatic carbocycles. The third-order valence-electron chi connectivity index (χ3n) is 5.54. The number of aryl methyl sites for hydroxylation is 1. The molecule has 0 saturated heterocycles. The average Bonchev–Trinajstić information content (AvgIpc) is 2.83. The molecule has 11 heteroatoms. The number of hydrogen-bond donors (Lipinski definition) is 2. The smallest absolute Gasteiger partial charge is 0.260 e. The van der Waals surface area contributed by atoms with Gasteiger partial charge in [-0.2, -0.15) is 10.2 Å². The van der Waals surface area contributed by atoms with Crippen LogP contribution in [0.3, 0.4) is 0 Å². The SMILES string of the molecule is Cc1ccc(CSNc2c(F)cc(-c3cc4cnc(N)nc4n(C(C)C)c3=O)c(F)c2F)c(C#N)c1. The Hall–Kier alpha value is -4.04. The number of anilines is 2. The van der Waals surface area contributed by atoms with Crippen LogP contribution in [0.5, 0.6) is 0 Å². The lowest BCUT2D eigenvalue weighted by atomic mass is 10.0. The molecule has 36 heavy (non-hydrogen) atoms. The van der Waals surface area contributed by atoms with E-state index in [4.69, 9.17) is 5.73 Å². The van der Waals surface area contributed by atoms with E-state index in [-0.39, 0.29) is 22.9 Å². The van der Waals surface area contributed by atoms with Crippen LogP contribution < -0.4 is 16.0 Å². The summed E-state index contributed by atoms with van der Waals surface area (Å²) in [4.78, 5) is 21.2. The van der Waals surface area contributed by atoms with E-state index in [2.05, 4.69) is 20.8 Å². The zero-order valence-corrected chi connectivity index (χ0v) is 20.4. The molecule has 2 heterocycles. The van der Waals surface area contributed by atoms with Crippen molar-refractivity contribution in [2.75, 3.05) is 10.5 Å². The lowest BCUT2D eigenvalue weighted by molar-refractivity contribution is 0.502. The molecule has 0 spiro atoms. The molecule has 0 radical (unpaired) electrons. The molecular weight excluding hydrogens is 489 g/mol. The van der Waals surface area contributed by atoms with Crippen molar-refractivity contribution in [1.29, 1.82) is 5.26 Å². The van der Waals surface area contributed by atoms with Gasteiger partial charge in [0.15, 0.2) is 17.5 Å². The minimum absolute atomic E-state index is 0.0484. The highest BCUT2D eigenvalue weighted by Gasteiger charge is 2.24. The summed E-state index contributed by atoms with van der Waals surface area (Å²) >= 11 is 0.904. The Kier molecular flexibility index (Phi) is 6.90. The van der Waals surface area contributed by atoms with Crippen molar-refractivity contribution in [3.63, 3.8) is 0 Å². The van der Waals surface area contributed by atoms with Crippen LogP contribution in [0, 0.1) is 35.7 Å². The van der Waals surface area contributed by atoms with Gasteiger partial charge in [-0.3, -0.25) is 9.36 Å². The fourth-order valence-corrected chi connectivity index (χ4v) is 4.61. The standard InChI is InChI=1S/C25H21F3N6OS/c1-12(2)34-23-16(10-31-25(30)32-23)7-18(24(34)35)17-8-19(26)22(21(28)20(17)27)33-36-11-14-5-4-13(3)6-15(14)9-29/h4-8,10,12,33H,11H2,1-3H3,(H2,30,31,32). The van der Waals surface area contributed by atoms with Gasteiger partial charge in [0.2, 0.25) is 5.95 Å². The summed E-state index contributed by atoms with van der Waals surface area (Å²) in [7, 11) is 0. The Bertz CT molecular complexity index is 1600. The largest absolute Gasteiger partial charge is 0.368 e. The van der Waals surface area contributed by atoms with E-state index in [0.29, 0.717) is 16.5 Å². The van der Waals surface area contributed by atoms with E-state index < -0.39 is 40.3 Å². The molecule has 0 aliphatic rings. The Morgan fingerprint density at radius 2 is 1.92 bits per heavy atom. The van der Waals surface area contributed by atoms with Gasteiger partial charge in [-0.05, 0) is 62.0 Å². The topological polar surface area (TPSA) is 110 Å². The molecule has 0 unspecified atom stereocenters. The molecule has 0 bridgehead atoms. The summed E-state index contributed by atoms with van der Waals surface area (Å²) in [6, 6.07) is 9.02. The van der Waals surface area contributed by atoms with Crippen molar-refractivity contribution in [2.24, 2.45) is 0 Å². The normalized spacial score (nSPS) is 11.2. The van der Waals surface area contributed by atoms with Crippen molar-refractivity contribution < 1.29 is 13.2 Å². The summed E-state index contributed by atoms with van der Waals surface area (Å²) in [5.74, 6) is -3.77. The molecule has 4 rings (SSSR count). The maximum atomic E-state index is 15.2. The van der Waals surface area contributed by atoms with Gasteiger partial charge in [0.1, 0.15) is 11.3 Å². The Balaban J connectivity index is 1.72. The Morgan fingerprint density at radius 1 is 1.17 bits per heavy atom. The fraction of sp³-hybridized carbons (Fsp3) is 0.200. The minimum atomic E-state index is -1.47. The van der Waals surface area contributed by atoms with Gasteiger partial charge in [0, 0.05) is 28.9 Å². The first-order valence-corrected chi connectivity index (χ1v) is 11.8. The van der Waals surface area contributed by atoms with E-state index in [1.165, 1.54) is 16.8 Å². The third-order valence-corrected chi connectivity index (χ3v) is 6.35. The molecule has 7 nitrogen and oxygen atoms in total. The molecule has 0 atom stereocenters. The molecule has 0 fully saturated rings. The first-order chi connectivity index (χ1) is 17.1. The van der Waals surface area contributed by atoms with Crippen molar-refractivity contribution in [3.8, 4) is 17.2 Å². The molecule has 0 saturated carbocycles. The molecule has 184 valence electrons. The number of nitrogens with one attached hydrogen (secondary N) is 1. The minimum Gasteiger partial charge on any atom is -0.368 e. The highest BCUT2D eigenvalue weighted by Crippen LogP contribution is 2.33. The second kappa shape index (κ2) is 9.91. The first-order valence-electron chi connectivity index (χ1n) is 10.9. The fourth-order valence-electron chi connectivity index (χ4n) is 3.80. The number of nitrogens with zero attached hydrogens (tertiary/aromatic N) is 4. The summed E-state index contributed by atoms with van der Waals surface area (Å²) in [6.07, 6.45) is 1.36. The van der Waals surface area contributed by atoms with Crippen LogP contribution in [0.25, 0.3) is 22.2 Å². The van der Waals surface area contributed by atoms with E-state index >= 15 is 4.39 Å². The predicted molar refractivity (Wildman–Crippen MR) is 135 cm³/mol. The number of halogens is 3. The second-order valence-corrected chi connectivity index (χ2v) is 9.19. The summed E-state index contributed by atoms with van der Waals surface area (Å²) in [5, 5.41) is 9.65. The van der Waals surface area contributed by atoms with E-state index in [0.717, 1.165) is 23.6 Å². The van der Waals surface area contributed by atoms with Crippen LogP contribution in [-0.4, -0.2) is 14.5 Å². The molecule has 2 aromatic carbocycles. The van der Waals surface area contributed by atoms with Crippen LogP contribution >= 0.6 is 11.9 Å². The number of nitrogens with two attached hydrogens (primary N) is 1. The van der Waals surface area contributed by atoms with Crippen molar-refractivity contribution in [2.45, 2.75) is 32.6 Å². The molecule has 2 aromatic heterocycles. The zero-order valence-electron chi connectivity index (χ0n) is 19.6. The van der Waals surface area contributed by atoms with Crippen LogP contribution in [0.15, 0.2) is 41.3 Å². The Labute approximate surface area is 208 Å². The van der Waals surface area contributed by atoms with E-state index in [1.54, 1.807) is 26.0 Å². The van der Waals surface area contributed by atoms with Crippen LogP contribution in [-0.2, 0) is 5.75 Å². The van der Waals surface area contributed by atoms with Crippen LogP contribution in [0.1, 0.15) is 36.6 Å². The van der Waals surface area contributed by atoms with Crippen molar-refractivity contribution >= 4 is 34.6 Å². The first kappa shape index (κ1) is 25.1. The van der Waals surface area contributed by atoms with Crippen molar-refractivity contribution in [1.82, 2.24) is 14.5 Å². The van der Waals surface area contributed by atoms with E-state index in [9.17, 15) is 18.8 Å². The lowest BCUT2D eigenvalue weighted by Crippen LogP contribution is -2.25. The number of benzene rings is 2. The predicted octanol–water partition coefficient (Wildman–Crippen LogP) is 5.48. The average molecular weight is 511 g/mol. The number of hydrogen-bond acceptors (Lipinski definition) is 7. The Morgan fingerprint density at radius 3 is 2.61 bits per heavy atom. The van der Waals surface area contributed by atoms with Gasteiger partial charge in [-0.15, -0.1) is 0 Å². The number of pyridine rings is 1.